The van der Waals surface area contributed by atoms with Crippen LogP contribution in [0.25, 0.3) is 0 Å². The predicted octanol–water partition coefficient (Wildman–Crippen LogP) is 2.09. The number of rotatable bonds is 6. The maximum absolute atomic E-state index is 12.0. The summed E-state index contributed by atoms with van der Waals surface area (Å²) in [6.45, 7) is 8.23. The normalized spacial score (nSPS) is 16.1. The van der Waals surface area contributed by atoms with E-state index in [9.17, 15) is 4.79 Å². The fourth-order valence-electron chi connectivity index (χ4n) is 2.37. The topological polar surface area (TPSA) is 50.2 Å². The van der Waals surface area contributed by atoms with Gasteiger partial charge in [-0.1, -0.05) is 12.5 Å². The number of anilines is 1. The summed E-state index contributed by atoms with van der Waals surface area (Å²) in [6.07, 6.45) is 7.28. The Morgan fingerprint density at radius 3 is 2.85 bits per heavy atom. The quantitative estimate of drug-likeness (QED) is 0.805. The van der Waals surface area contributed by atoms with Crippen molar-refractivity contribution in [3.8, 4) is 0 Å². The molecule has 1 aromatic heterocycles. The number of allylic oxidation sites excluding steroid dienone is 1. The zero-order valence-electron chi connectivity index (χ0n) is 11.6. The summed E-state index contributed by atoms with van der Waals surface area (Å²) in [5.41, 5.74) is 0.625. The predicted molar refractivity (Wildman–Crippen MR) is 85.2 cm³/mol. The van der Waals surface area contributed by atoms with Crippen LogP contribution in [0.5, 0.6) is 0 Å². The van der Waals surface area contributed by atoms with E-state index >= 15 is 0 Å². The lowest BCUT2D eigenvalue weighted by Crippen LogP contribution is -2.34. The molecule has 1 aromatic rings. The number of aromatic nitrogens is 2. The third kappa shape index (κ3) is 3.93. The van der Waals surface area contributed by atoms with Crippen molar-refractivity contribution >= 4 is 21.6 Å². The van der Waals surface area contributed by atoms with Gasteiger partial charge in [0.25, 0.3) is 5.56 Å². The first-order valence-corrected chi connectivity index (χ1v) is 7.84. The smallest absolute Gasteiger partial charge is 0.283 e. The molecule has 0 atom stereocenters. The van der Waals surface area contributed by atoms with Crippen LogP contribution in [0.4, 0.5) is 5.69 Å². The van der Waals surface area contributed by atoms with Crippen molar-refractivity contribution in [1.29, 1.82) is 0 Å². The Bertz CT molecular complexity index is 508. The van der Waals surface area contributed by atoms with Gasteiger partial charge in [-0.05, 0) is 41.9 Å². The number of likely N-dealkylation sites (tertiary alicyclic amines) is 1. The van der Waals surface area contributed by atoms with E-state index in [4.69, 9.17) is 0 Å². The van der Waals surface area contributed by atoms with Gasteiger partial charge in [-0.3, -0.25) is 4.79 Å². The van der Waals surface area contributed by atoms with E-state index in [2.05, 4.69) is 37.8 Å². The van der Waals surface area contributed by atoms with E-state index < -0.39 is 0 Å². The minimum atomic E-state index is -0.132. The highest BCUT2D eigenvalue weighted by molar-refractivity contribution is 9.10. The molecule has 0 bridgehead atoms. The Balaban J connectivity index is 1.91. The van der Waals surface area contributed by atoms with Gasteiger partial charge < -0.3 is 10.2 Å². The number of piperidine rings is 1. The second kappa shape index (κ2) is 7.59. The van der Waals surface area contributed by atoms with Crippen molar-refractivity contribution in [3.05, 3.63) is 33.7 Å². The Labute approximate surface area is 127 Å². The number of hydrogen-bond acceptors (Lipinski definition) is 4. The van der Waals surface area contributed by atoms with Crippen molar-refractivity contribution in [2.75, 3.05) is 31.5 Å². The van der Waals surface area contributed by atoms with Crippen molar-refractivity contribution in [1.82, 2.24) is 14.7 Å². The molecule has 0 aromatic carbocycles. The molecule has 0 saturated carbocycles. The second-order valence-electron chi connectivity index (χ2n) is 4.98. The van der Waals surface area contributed by atoms with Crippen molar-refractivity contribution in [2.45, 2.75) is 25.8 Å². The van der Waals surface area contributed by atoms with Crippen molar-refractivity contribution in [3.63, 3.8) is 0 Å². The Morgan fingerprint density at radius 1 is 1.40 bits per heavy atom. The first-order valence-electron chi connectivity index (χ1n) is 7.05. The SMILES string of the molecule is C=CCn1ncc(NCCN2CCCCC2)c(Br)c1=O. The van der Waals surface area contributed by atoms with E-state index in [-0.39, 0.29) is 5.56 Å². The summed E-state index contributed by atoms with van der Waals surface area (Å²) in [4.78, 5) is 14.5. The molecule has 20 heavy (non-hydrogen) atoms. The molecule has 6 heteroatoms. The number of nitrogens with one attached hydrogen (secondary N) is 1. The van der Waals surface area contributed by atoms with Crippen LogP contribution in [0.2, 0.25) is 0 Å². The maximum atomic E-state index is 12.0. The average Bonchev–Trinajstić information content (AvgIpc) is 2.48. The van der Waals surface area contributed by atoms with E-state index in [0.29, 0.717) is 11.0 Å². The Kier molecular flexibility index (Phi) is 5.79. The van der Waals surface area contributed by atoms with Crippen LogP contribution in [-0.2, 0) is 6.54 Å². The Hall–Kier alpha value is -1.14. The van der Waals surface area contributed by atoms with E-state index in [1.807, 2.05) is 0 Å². The number of halogens is 1. The van der Waals surface area contributed by atoms with Crippen LogP contribution in [-0.4, -0.2) is 40.9 Å². The fourth-order valence-corrected chi connectivity index (χ4v) is 2.82. The average molecular weight is 341 g/mol. The lowest BCUT2D eigenvalue weighted by Gasteiger charge is -2.26. The summed E-state index contributed by atoms with van der Waals surface area (Å²) in [6, 6.07) is 0. The van der Waals surface area contributed by atoms with Gasteiger partial charge >= 0.3 is 0 Å². The minimum Gasteiger partial charge on any atom is -0.381 e. The highest BCUT2D eigenvalue weighted by atomic mass is 79.9. The van der Waals surface area contributed by atoms with Crippen LogP contribution in [0.3, 0.4) is 0 Å². The summed E-state index contributed by atoms with van der Waals surface area (Å²) in [7, 11) is 0. The van der Waals surface area contributed by atoms with Gasteiger partial charge in [0.2, 0.25) is 0 Å². The van der Waals surface area contributed by atoms with Crippen molar-refractivity contribution < 1.29 is 0 Å². The van der Waals surface area contributed by atoms with Crippen LogP contribution in [0.15, 0.2) is 28.1 Å². The van der Waals surface area contributed by atoms with Crippen LogP contribution in [0, 0.1) is 0 Å². The van der Waals surface area contributed by atoms with Gasteiger partial charge in [0.15, 0.2) is 0 Å². The summed E-state index contributed by atoms with van der Waals surface area (Å²) < 4.78 is 1.92. The summed E-state index contributed by atoms with van der Waals surface area (Å²) in [5, 5.41) is 7.40. The summed E-state index contributed by atoms with van der Waals surface area (Å²) >= 11 is 3.34. The minimum absolute atomic E-state index is 0.132. The third-order valence-corrected chi connectivity index (χ3v) is 4.25. The van der Waals surface area contributed by atoms with Crippen molar-refractivity contribution in [2.24, 2.45) is 0 Å². The molecule has 1 N–H and O–H groups in total. The zero-order valence-corrected chi connectivity index (χ0v) is 13.2. The molecule has 0 spiro atoms. The van der Waals surface area contributed by atoms with E-state index in [0.717, 1.165) is 18.8 Å². The largest absolute Gasteiger partial charge is 0.381 e. The number of nitrogens with zero attached hydrogens (tertiary/aromatic N) is 3. The first-order chi connectivity index (χ1) is 9.72. The molecule has 110 valence electrons. The monoisotopic (exact) mass is 340 g/mol. The zero-order chi connectivity index (χ0) is 14.4. The van der Waals surface area contributed by atoms with Crippen LogP contribution < -0.4 is 10.9 Å². The van der Waals surface area contributed by atoms with Crippen LogP contribution in [0.1, 0.15) is 19.3 Å². The molecular formula is C14H21BrN4O. The fraction of sp³-hybridized carbons (Fsp3) is 0.571. The molecule has 0 aliphatic carbocycles. The van der Waals surface area contributed by atoms with Gasteiger partial charge in [-0.2, -0.15) is 5.10 Å². The van der Waals surface area contributed by atoms with E-state index in [1.165, 1.54) is 37.0 Å². The first kappa shape index (κ1) is 15.3. The molecule has 1 saturated heterocycles. The molecule has 0 radical (unpaired) electrons. The second-order valence-corrected chi connectivity index (χ2v) is 5.77. The van der Waals surface area contributed by atoms with Gasteiger partial charge in [0, 0.05) is 13.1 Å². The van der Waals surface area contributed by atoms with Crippen LogP contribution >= 0.6 is 15.9 Å². The number of hydrogen-bond donors (Lipinski definition) is 1. The molecule has 5 nitrogen and oxygen atoms in total. The molecule has 1 fully saturated rings. The molecule has 2 rings (SSSR count). The maximum Gasteiger partial charge on any atom is 0.283 e. The van der Waals surface area contributed by atoms with Gasteiger partial charge in [0.1, 0.15) is 4.47 Å². The highest BCUT2D eigenvalue weighted by Crippen LogP contribution is 2.16. The standard InChI is InChI=1S/C14H21BrN4O/c1-2-7-19-14(20)13(15)12(11-17-19)16-6-10-18-8-4-3-5-9-18/h2,11,16H,1,3-10H2. The highest BCUT2D eigenvalue weighted by Gasteiger charge is 2.11. The molecule has 0 unspecified atom stereocenters. The molecule has 1 aliphatic rings. The lowest BCUT2D eigenvalue weighted by atomic mass is 10.1. The van der Waals surface area contributed by atoms with Gasteiger partial charge in [-0.15, -0.1) is 6.58 Å². The molecule has 0 amide bonds. The lowest BCUT2D eigenvalue weighted by molar-refractivity contribution is 0.237. The molecular weight excluding hydrogens is 320 g/mol. The molecule has 1 aliphatic heterocycles. The third-order valence-electron chi connectivity index (χ3n) is 3.48. The summed E-state index contributed by atoms with van der Waals surface area (Å²) in [5.74, 6) is 0. The molecule has 2 heterocycles. The van der Waals surface area contributed by atoms with E-state index in [1.54, 1.807) is 12.3 Å². The van der Waals surface area contributed by atoms with Gasteiger partial charge in [0.05, 0.1) is 18.4 Å². The Morgan fingerprint density at radius 2 is 2.15 bits per heavy atom. The van der Waals surface area contributed by atoms with Gasteiger partial charge in [-0.25, -0.2) is 4.68 Å².